The number of aliphatic hydroxyl groups is 1. The molecule has 0 aliphatic carbocycles. The Labute approximate surface area is 87.6 Å². The van der Waals surface area contributed by atoms with E-state index in [0.29, 0.717) is 6.54 Å². The van der Waals surface area contributed by atoms with Crippen LogP contribution in [0.5, 0.6) is 0 Å². The van der Waals surface area contributed by atoms with E-state index in [1.807, 2.05) is 25.3 Å². The Hall–Kier alpha value is -1.46. The summed E-state index contributed by atoms with van der Waals surface area (Å²) in [6.07, 6.45) is 3.53. The number of nitrogens with two attached hydrogens (primary N) is 1. The zero-order chi connectivity index (χ0) is 10.9. The summed E-state index contributed by atoms with van der Waals surface area (Å²) in [4.78, 5) is 4.16. The maximum atomic E-state index is 9.31. The molecule has 1 unspecified atom stereocenters. The number of hydrogen-bond donors (Lipinski definition) is 2. The first-order valence-corrected chi connectivity index (χ1v) is 4.81. The molecule has 5 heteroatoms. The Kier molecular flexibility index (Phi) is 2.42. The van der Waals surface area contributed by atoms with Crippen molar-refractivity contribution in [3.05, 3.63) is 30.2 Å². The van der Waals surface area contributed by atoms with Crippen LogP contribution in [0.2, 0.25) is 0 Å². The summed E-state index contributed by atoms with van der Waals surface area (Å²) in [7, 11) is 0. The molecule has 3 N–H and O–H groups in total. The van der Waals surface area contributed by atoms with Crippen LogP contribution in [0.4, 0.5) is 0 Å². The van der Waals surface area contributed by atoms with Gasteiger partial charge in [-0.15, -0.1) is 0 Å². The topological polar surface area (TPSA) is 76.4 Å². The lowest BCUT2D eigenvalue weighted by atomic mass is 9.88. The lowest BCUT2D eigenvalue weighted by molar-refractivity contribution is 0.206. The summed E-state index contributed by atoms with van der Waals surface area (Å²) in [6, 6.07) is 3.66. The molecule has 0 amide bonds. The standard InChI is InChI=1S/C10H14N4O/c1-10(6-11,7-15)8-5-9-12-3-2-4-14(9)13-8/h2-5,15H,6-7,11H2,1H3. The molecule has 5 nitrogen and oxygen atoms in total. The van der Waals surface area contributed by atoms with E-state index in [1.165, 1.54) is 0 Å². The average Bonchev–Trinajstić information content (AvgIpc) is 2.72. The molecule has 0 aliphatic heterocycles. The number of aromatic nitrogens is 3. The maximum absolute atomic E-state index is 9.31. The molecule has 0 radical (unpaired) electrons. The van der Waals surface area contributed by atoms with E-state index in [9.17, 15) is 5.11 Å². The third kappa shape index (κ3) is 1.60. The van der Waals surface area contributed by atoms with Crippen LogP contribution < -0.4 is 5.73 Å². The Morgan fingerprint density at radius 1 is 1.60 bits per heavy atom. The molecule has 0 aromatic carbocycles. The molecule has 0 fully saturated rings. The smallest absolute Gasteiger partial charge is 0.155 e. The van der Waals surface area contributed by atoms with Crippen molar-refractivity contribution in [2.24, 2.45) is 5.73 Å². The molecule has 2 aromatic rings. The number of hydrogen-bond acceptors (Lipinski definition) is 4. The van der Waals surface area contributed by atoms with Gasteiger partial charge in [0.2, 0.25) is 0 Å². The second kappa shape index (κ2) is 3.60. The van der Waals surface area contributed by atoms with E-state index in [-0.39, 0.29) is 6.61 Å². The first-order chi connectivity index (χ1) is 7.19. The van der Waals surface area contributed by atoms with Crippen LogP contribution in [0.3, 0.4) is 0 Å². The lowest BCUT2D eigenvalue weighted by Crippen LogP contribution is -2.36. The molecule has 0 bridgehead atoms. The molecule has 2 aromatic heterocycles. The molecule has 1 atom stereocenters. The van der Waals surface area contributed by atoms with Gasteiger partial charge >= 0.3 is 0 Å². The summed E-state index contributed by atoms with van der Waals surface area (Å²) in [5.74, 6) is 0. The van der Waals surface area contributed by atoms with Gasteiger partial charge in [0.25, 0.3) is 0 Å². The number of nitrogens with zero attached hydrogens (tertiary/aromatic N) is 3. The van der Waals surface area contributed by atoms with Gasteiger partial charge in [0.05, 0.1) is 12.3 Å². The van der Waals surface area contributed by atoms with Gasteiger partial charge in [-0.05, 0) is 6.07 Å². The van der Waals surface area contributed by atoms with Gasteiger partial charge in [-0.25, -0.2) is 9.50 Å². The number of fused-ring (bicyclic) bond motifs is 1. The largest absolute Gasteiger partial charge is 0.395 e. The molecule has 2 rings (SSSR count). The quantitative estimate of drug-likeness (QED) is 0.737. The monoisotopic (exact) mass is 206 g/mol. The van der Waals surface area contributed by atoms with Crippen molar-refractivity contribution in [3.8, 4) is 0 Å². The van der Waals surface area contributed by atoms with Gasteiger partial charge in [0.15, 0.2) is 5.65 Å². The highest BCUT2D eigenvalue weighted by molar-refractivity contribution is 5.40. The van der Waals surface area contributed by atoms with Gasteiger partial charge in [-0.3, -0.25) is 0 Å². The zero-order valence-electron chi connectivity index (χ0n) is 8.59. The Morgan fingerprint density at radius 2 is 2.40 bits per heavy atom. The highest BCUT2D eigenvalue weighted by atomic mass is 16.3. The first kappa shape index (κ1) is 10.1. The summed E-state index contributed by atoms with van der Waals surface area (Å²) in [6.45, 7) is 2.22. The molecule has 0 spiro atoms. The van der Waals surface area contributed by atoms with Crippen molar-refractivity contribution in [1.29, 1.82) is 0 Å². The molecule has 0 saturated heterocycles. The lowest BCUT2D eigenvalue weighted by Gasteiger charge is -2.22. The fourth-order valence-corrected chi connectivity index (χ4v) is 1.38. The van der Waals surface area contributed by atoms with E-state index in [0.717, 1.165) is 11.3 Å². The fraction of sp³-hybridized carbons (Fsp3) is 0.400. The minimum Gasteiger partial charge on any atom is -0.395 e. The third-order valence-electron chi connectivity index (χ3n) is 2.65. The zero-order valence-corrected chi connectivity index (χ0v) is 8.59. The maximum Gasteiger partial charge on any atom is 0.155 e. The van der Waals surface area contributed by atoms with Crippen molar-refractivity contribution in [2.45, 2.75) is 12.3 Å². The van der Waals surface area contributed by atoms with E-state index in [2.05, 4.69) is 10.1 Å². The van der Waals surface area contributed by atoms with Gasteiger partial charge in [0.1, 0.15) is 0 Å². The molecule has 15 heavy (non-hydrogen) atoms. The van der Waals surface area contributed by atoms with Crippen LogP contribution in [-0.2, 0) is 5.41 Å². The molecular weight excluding hydrogens is 192 g/mol. The van der Waals surface area contributed by atoms with Crippen molar-refractivity contribution in [2.75, 3.05) is 13.2 Å². The molecule has 2 heterocycles. The van der Waals surface area contributed by atoms with Crippen LogP contribution >= 0.6 is 0 Å². The minimum atomic E-state index is -0.492. The molecule has 0 saturated carbocycles. The van der Waals surface area contributed by atoms with Crippen molar-refractivity contribution >= 4 is 5.65 Å². The third-order valence-corrected chi connectivity index (χ3v) is 2.65. The Balaban J connectivity index is 2.52. The molecule has 0 aliphatic rings. The van der Waals surface area contributed by atoms with Gasteiger partial charge < -0.3 is 10.8 Å². The predicted octanol–water partition coefficient (Wildman–Crippen LogP) is -0.0620. The van der Waals surface area contributed by atoms with Crippen LogP contribution in [0.1, 0.15) is 12.6 Å². The first-order valence-electron chi connectivity index (χ1n) is 4.81. The SMILES string of the molecule is CC(CN)(CO)c1cc2ncccn2n1. The summed E-state index contributed by atoms with van der Waals surface area (Å²) >= 11 is 0. The number of rotatable bonds is 3. The summed E-state index contributed by atoms with van der Waals surface area (Å²) in [5, 5.41) is 13.7. The van der Waals surface area contributed by atoms with Crippen molar-refractivity contribution in [1.82, 2.24) is 14.6 Å². The summed E-state index contributed by atoms with van der Waals surface area (Å²) in [5.41, 5.74) is 6.68. The van der Waals surface area contributed by atoms with Gasteiger partial charge in [-0.2, -0.15) is 5.10 Å². The van der Waals surface area contributed by atoms with E-state index in [4.69, 9.17) is 5.73 Å². The normalized spacial score (nSPS) is 15.4. The van der Waals surface area contributed by atoms with E-state index in [1.54, 1.807) is 10.7 Å². The minimum absolute atomic E-state index is 0.0205. The van der Waals surface area contributed by atoms with Crippen molar-refractivity contribution < 1.29 is 5.11 Å². The second-order valence-electron chi connectivity index (χ2n) is 3.87. The second-order valence-corrected chi connectivity index (χ2v) is 3.87. The van der Waals surface area contributed by atoms with Crippen molar-refractivity contribution in [3.63, 3.8) is 0 Å². The van der Waals surface area contributed by atoms with Crippen LogP contribution in [0, 0.1) is 0 Å². The highest BCUT2D eigenvalue weighted by Crippen LogP contribution is 2.21. The fourth-order valence-electron chi connectivity index (χ4n) is 1.38. The van der Waals surface area contributed by atoms with Crippen LogP contribution in [0.25, 0.3) is 5.65 Å². The molecule has 80 valence electrons. The number of aliphatic hydroxyl groups excluding tert-OH is 1. The van der Waals surface area contributed by atoms with Gasteiger partial charge in [-0.1, -0.05) is 6.92 Å². The van der Waals surface area contributed by atoms with Crippen LogP contribution in [-0.4, -0.2) is 32.9 Å². The van der Waals surface area contributed by atoms with Gasteiger partial charge in [0, 0.05) is 30.4 Å². The average molecular weight is 206 g/mol. The predicted molar refractivity (Wildman–Crippen MR) is 56.5 cm³/mol. The molecular formula is C10H14N4O. The van der Waals surface area contributed by atoms with E-state index >= 15 is 0 Å². The van der Waals surface area contributed by atoms with E-state index < -0.39 is 5.41 Å². The summed E-state index contributed by atoms with van der Waals surface area (Å²) < 4.78 is 1.68. The highest BCUT2D eigenvalue weighted by Gasteiger charge is 2.27. The Morgan fingerprint density at radius 3 is 3.00 bits per heavy atom. The Bertz CT molecular complexity index is 428. The van der Waals surface area contributed by atoms with Crippen LogP contribution in [0.15, 0.2) is 24.5 Å².